The van der Waals surface area contributed by atoms with Crippen molar-refractivity contribution in [2.24, 2.45) is 0 Å². The highest BCUT2D eigenvalue weighted by atomic mass is 16.5. The number of carbonyl (C=O) groups excluding carboxylic acids is 1. The van der Waals surface area contributed by atoms with Crippen molar-refractivity contribution in [1.82, 2.24) is 0 Å². The topological polar surface area (TPSA) is 64.4 Å². The number of hydrogen-bond acceptors (Lipinski definition) is 3. The Labute approximate surface area is 124 Å². The number of nitrogens with two attached hydrogens (primary N) is 1. The molecule has 0 aliphatic heterocycles. The minimum atomic E-state index is -0.169. The fourth-order valence-corrected chi connectivity index (χ4v) is 1.99. The smallest absolute Gasteiger partial charge is 0.256 e. The van der Waals surface area contributed by atoms with Crippen LogP contribution in [0.3, 0.4) is 0 Å². The van der Waals surface area contributed by atoms with Gasteiger partial charge in [-0.25, -0.2) is 0 Å². The van der Waals surface area contributed by atoms with Crippen molar-refractivity contribution in [1.29, 1.82) is 0 Å². The van der Waals surface area contributed by atoms with Gasteiger partial charge in [0.2, 0.25) is 0 Å². The van der Waals surface area contributed by atoms with E-state index in [4.69, 9.17) is 10.5 Å². The van der Waals surface area contributed by atoms with Crippen molar-refractivity contribution in [2.45, 2.75) is 26.9 Å². The molecule has 2 aromatic rings. The van der Waals surface area contributed by atoms with Gasteiger partial charge < -0.3 is 15.8 Å². The van der Waals surface area contributed by atoms with Crippen molar-refractivity contribution < 1.29 is 9.53 Å². The molecule has 4 heteroatoms. The fourth-order valence-electron chi connectivity index (χ4n) is 1.99. The predicted molar refractivity (Wildman–Crippen MR) is 85.8 cm³/mol. The fraction of sp³-hybridized carbons (Fsp3) is 0.235. The number of nitrogen functional groups attached to an aromatic ring is 1. The molecule has 0 heterocycles. The first-order valence-electron chi connectivity index (χ1n) is 6.90. The van der Waals surface area contributed by atoms with Gasteiger partial charge in [0, 0.05) is 16.9 Å². The largest absolute Gasteiger partial charge is 0.491 e. The molecule has 0 aliphatic rings. The van der Waals surface area contributed by atoms with Gasteiger partial charge in [0.15, 0.2) is 0 Å². The van der Waals surface area contributed by atoms with Gasteiger partial charge in [0.25, 0.3) is 5.91 Å². The maximum Gasteiger partial charge on any atom is 0.256 e. The highest BCUT2D eigenvalue weighted by Gasteiger charge is 2.10. The van der Waals surface area contributed by atoms with Crippen LogP contribution < -0.4 is 15.8 Å². The number of nitrogens with one attached hydrogen (secondary N) is 1. The van der Waals surface area contributed by atoms with Crippen molar-refractivity contribution in [2.75, 3.05) is 11.1 Å². The molecule has 110 valence electrons. The Balaban J connectivity index is 2.11. The second kappa shape index (κ2) is 6.31. The monoisotopic (exact) mass is 284 g/mol. The van der Waals surface area contributed by atoms with E-state index in [1.165, 1.54) is 0 Å². The molecule has 0 bridgehead atoms. The third-order valence-electron chi connectivity index (χ3n) is 3.10. The Hall–Kier alpha value is -2.49. The molecule has 2 rings (SSSR count). The van der Waals surface area contributed by atoms with Crippen LogP contribution in [-0.4, -0.2) is 12.0 Å². The predicted octanol–water partition coefficient (Wildman–Crippen LogP) is 3.62. The van der Waals surface area contributed by atoms with E-state index in [2.05, 4.69) is 5.32 Å². The molecule has 0 radical (unpaired) electrons. The molecule has 1 amide bonds. The molecule has 0 atom stereocenters. The molecular formula is C17H20N2O2. The first-order valence-corrected chi connectivity index (χ1v) is 6.90. The van der Waals surface area contributed by atoms with Crippen LogP contribution >= 0.6 is 0 Å². The second-order valence-electron chi connectivity index (χ2n) is 5.16. The van der Waals surface area contributed by atoms with Crippen molar-refractivity contribution >= 4 is 17.3 Å². The third-order valence-corrected chi connectivity index (χ3v) is 3.10. The van der Waals surface area contributed by atoms with Crippen LogP contribution in [0.25, 0.3) is 0 Å². The van der Waals surface area contributed by atoms with Gasteiger partial charge in [-0.3, -0.25) is 4.79 Å². The summed E-state index contributed by atoms with van der Waals surface area (Å²) in [4.78, 5) is 12.3. The summed E-state index contributed by atoms with van der Waals surface area (Å²) in [5.41, 5.74) is 8.52. The molecule has 0 unspecified atom stereocenters. The summed E-state index contributed by atoms with van der Waals surface area (Å²) in [5.74, 6) is 0.612. The SMILES string of the molecule is Cc1c(N)cccc1C(=O)Nc1ccc(OC(C)C)cc1. The van der Waals surface area contributed by atoms with Crippen LogP contribution in [-0.2, 0) is 0 Å². The third kappa shape index (κ3) is 3.75. The summed E-state index contributed by atoms with van der Waals surface area (Å²) in [6.45, 7) is 5.78. The Kier molecular flexibility index (Phi) is 4.48. The summed E-state index contributed by atoms with van der Waals surface area (Å²) < 4.78 is 5.56. The van der Waals surface area contributed by atoms with Crippen LogP contribution in [0.2, 0.25) is 0 Å². The molecule has 3 N–H and O–H groups in total. The molecule has 0 saturated heterocycles. The molecule has 2 aromatic carbocycles. The molecular weight excluding hydrogens is 264 g/mol. The number of rotatable bonds is 4. The van der Waals surface area contributed by atoms with E-state index in [-0.39, 0.29) is 12.0 Å². The van der Waals surface area contributed by atoms with E-state index >= 15 is 0 Å². The van der Waals surface area contributed by atoms with Gasteiger partial charge in [-0.05, 0) is 62.7 Å². The van der Waals surface area contributed by atoms with Crippen molar-refractivity contribution in [3.8, 4) is 5.75 Å². The first-order chi connectivity index (χ1) is 9.97. The van der Waals surface area contributed by atoms with E-state index in [1.54, 1.807) is 18.2 Å². The molecule has 0 aliphatic carbocycles. The lowest BCUT2D eigenvalue weighted by atomic mass is 10.1. The standard InChI is InChI=1S/C17H20N2O2/c1-11(2)21-14-9-7-13(8-10-14)19-17(20)15-5-4-6-16(18)12(15)3/h4-11H,18H2,1-3H3,(H,19,20). The van der Waals surface area contributed by atoms with Gasteiger partial charge in [-0.15, -0.1) is 0 Å². The Morgan fingerprint density at radius 1 is 1.14 bits per heavy atom. The van der Waals surface area contributed by atoms with Gasteiger partial charge >= 0.3 is 0 Å². The van der Waals surface area contributed by atoms with E-state index < -0.39 is 0 Å². The van der Waals surface area contributed by atoms with Crippen LogP contribution in [0.1, 0.15) is 29.8 Å². The van der Waals surface area contributed by atoms with Gasteiger partial charge in [0.1, 0.15) is 5.75 Å². The number of carbonyl (C=O) groups is 1. The Morgan fingerprint density at radius 3 is 2.43 bits per heavy atom. The van der Waals surface area contributed by atoms with E-state index in [0.717, 1.165) is 17.0 Å². The number of hydrogen-bond donors (Lipinski definition) is 2. The number of amides is 1. The number of ether oxygens (including phenoxy) is 1. The average molecular weight is 284 g/mol. The van der Waals surface area contributed by atoms with E-state index in [1.807, 2.05) is 45.0 Å². The highest BCUT2D eigenvalue weighted by molar-refractivity contribution is 6.06. The minimum Gasteiger partial charge on any atom is -0.491 e. The van der Waals surface area contributed by atoms with E-state index in [9.17, 15) is 4.79 Å². The zero-order valence-corrected chi connectivity index (χ0v) is 12.5. The Morgan fingerprint density at radius 2 is 1.81 bits per heavy atom. The highest BCUT2D eigenvalue weighted by Crippen LogP contribution is 2.20. The van der Waals surface area contributed by atoms with Crippen LogP contribution in [0.15, 0.2) is 42.5 Å². The molecule has 4 nitrogen and oxygen atoms in total. The lowest BCUT2D eigenvalue weighted by Crippen LogP contribution is -2.14. The molecule has 21 heavy (non-hydrogen) atoms. The summed E-state index contributed by atoms with van der Waals surface area (Å²) in [6.07, 6.45) is 0.125. The quantitative estimate of drug-likeness (QED) is 0.843. The van der Waals surface area contributed by atoms with Gasteiger partial charge in [-0.1, -0.05) is 6.07 Å². The normalized spacial score (nSPS) is 10.5. The second-order valence-corrected chi connectivity index (χ2v) is 5.16. The average Bonchev–Trinajstić information content (AvgIpc) is 2.43. The van der Waals surface area contributed by atoms with Crippen LogP contribution in [0.5, 0.6) is 5.75 Å². The van der Waals surface area contributed by atoms with Crippen molar-refractivity contribution in [3.63, 3.8) is 0 Å². The number of benzene rings is 2. The zero-order chi connectivity index (χ0) is 15.4. The summed E-state index contributed by atoms with van der Waals surface area (Å²) in [7, 11) is 0. The lowest BCUT2D eigenvalue weighted by Gasteiger charge is -2.11. The van der Waals surface area contributed by atoms with Crippen molar-refractivity contribution in [3.05, 3.63) is 53.6 Å². The van der Waals surface area contributed by atoms with Crippen LogP contribution in [0, 0.1) is 6.92 Å². The first kappa shape index (κ1) is 14.9. The molecule has 0 saturated carbocycles. The lowest BCUT2D eigenvalue weighted by molar-refractivity contribution is 0.102. The molecule has 0 aromatic heterocycles. The van der Waals surface area contributed by atoms with Gasteiger partial charge in [-0.2, -0.15) is 0 Å². The molecule has 0 fully saturated rings. The van der Waals surface area contributed by atoms with E-state index in [0.29, 0.717) is 11.3 Å². The summed E-state index contributed by atoms with van der Waals surface area (Å²) in [6, 6.07) is 12.6. The minimum absolute atomic E-state index is 0.125. The number of anilines is 2. The molecule has 0 spiro atoms. The Bertz CT molecular complexity index is 634. The van der Waals surface area contributed by atoms with Gasteiger partial charge in [0.05, 0.1) is 6.10 Å². The maximum absolute atomic E-state index is 12.3. The maximum atomic E-state index is 12.3. The van der Waals surface area contributed by atoms with Crippen LogP contribution in [0.4, 0.5) is 11.4 Å². The zero-order valence-electron chi connectivity index (χ0n) is 12.5. The summed E-state index contributed by atoms with van der Waals surface area (Å²) >= 11 is 0. The summed E-state index contributed by atoms with van der Waals surface area (Å²) in [5, 5.41) is 2.86.